The second-order valence-corrected chi connectivity index (χ2v) is 8.38. The van der Waals surface area contributed by atoms with Crippen molar-refractivity contribution in [2.24, 2.45) is 5.92 Å². The van der Waals surface area contributed by atoms with E-state index in [1.54, 1.807) is 20.8 Å². The molecule has 1 saturated heterocycles. The Morgan fingerprint density at radius 1 is 1.15 bits per heavy atom. The van der Waals surface area contributed by atoms with Crippen LogP contribution in [0.4, 0.5) is 4.79 Å². The van der Waals surface area contributed by atoms with Gasteiger partial charge in [-0.3, -0.25) is 4.79 Å². The lowest BCUT2D eigenvalue weighted by atomic mass is 9.83. The average molecular weight is 378 g/mol. The molecule has 7 heteroatoms. The van der Waals surface area contributed by atoms with E-state index in [0.717, 1.165) is 32.1 Å². The van der Waals surface area contributed by atoms with E-state index >= 15 is 0 Å². The molecule has 0 aromatic heterocycles. The van der Waals surface area contributed by atoms with E-state index in [1.807, 2.05) is 0 Å². The molecule has 1 heterocycles. The minimum absolute atomic E-state index is 0.0489. The van der Waals surface area contributed by atoms with Crippen LogP contribution in [0.25, 0.3) is 0 Å². The molecule has 150 valence electrons. The van der Waals surface area contributed by atoms with Gasteiger partial charge in [0.25, 0.3) is 0 Å². The molecular formula is C20H30N2O5. The number of nitrogens with one attached hydrogen (secondary N) is 1. The number of carbonyl (C=O) groups is 3. The van der Waals surface area contributed by atoms with Crippen LogP contribution in [-0.2, 0) is 14.3 Å². The summed E-state index contributed by atoms with van der Waals surface area (Å²) in [6.07, 6.45) is 10.3. The molecule has 1 aliphatic heterocycles. The quantitative estimate of drug-likeness (QED) is 0.733. The largest absolute Gasteiger partial charge is 0.480 e. The number of ether oxygens (including phenoxy) is 1. The summed E-state index contributed by atoms with van der Waals surface area (Å²) in [4.78, 5) is 38.6. The molecule has 3 atom stereocenters. The number of likely N-dealkylation sites (tertiary alicyclic amines) is 1. The molecule has 0 spiro atoms. The molecular weight excluding hydrogens is 348 g/mol. The zero-order valence-corrected chi connectivity index (χ0v) is 16.4. The minimum Gasteiger partial charge on any atom is -0.480 e. The fraction of sp³-hybridized carbons (Fsp3) is 0.750. The van der Waals surface area contributed by atoms with Gasteiger partial charge in [-0.1, -0.05) is 25.2 Å². The topological polar surface area (TPSA) is 95.9 Å². The van der Waals surface area contributed by atoms with Crippen molar-refractivity contribution in [1.29, 1.82) is 0 Å². The third-order valence-electron chi connectivity index (χ3n) is 5.18. The molecule has 2 fully saturated rings. The Balaban J connectivity index is 2.25. The zero-order valence-electron chi connectivity index (χ0n) is 16.4. The van der Waals surface area contributed by atoms with Crippen LogP contribution in [-0.4, -0.2) is 51.7 Å². The summed E-state index contributed by atoms with van der Waals surface area (Å²) in [5.74, 6) is 0.993. The number of terminal acetylenes is 1. The number of carbonyl (C=O) groups excluding carboxylic acids is 2. The first kappa shape index (κ1) is 21.1. The number of amides is 2. The SMILES string of the molecule is C#CC1CCC(C(=O)O)N1C(=O)[C@H](NC(=O)OC(C)(C)C)C1CCCCC1. The highest BCUT2D eigenvalue weighted by Gasteiger charge is 2.45. The summed E-state index contributed by atoms with van der Waals surface area (Å²) >= 11 is 0. The molecule has 2 amide bonds. The van der Waals surface area contributed by atoms with Crippen LogP contribution in [0, 0.1) is 18.3 Å². The van der Waals surface area contributed by atoms with Crippen molar-refractivity contribution in [3.63, 3.8) is 0 Å². The third kappa shape index (κ3) is 5.38. The average Bonchev–Trinajstić information content (AvgIpc) is 3.02. The Labute approximate surface area is 160 Å². The van der Waals surface area contributed by atoms with Crippen molar-refractivity contribution in [3.05, 3.63) is 0 Å². The van der Waals surface area contributed by atoms with Crippen LogP contribution in [0.1, 0.15) is 65.7 Å². The van der Waals surface area contributed by atoms with Crippen molar-refractivity contribution >= 4 is 18.0 Å². The first-order valence-corrected chi connectivity index (χ1v) is 9.64. The van der Waals surface area contributed by atoms with Gasteiger partial charge in [-0.25, -0.2) is 9.59 Å². The summed E-state index contributed by atoms with van der Waals surface area (Å²) in [5, 5.41) is 12.2. The predicted molar refractivity (Wildman–Crippen MR) is 99.9 cm³/mol. The van der Waals surface area contributed by atoms with Gasteiger partial charge in [-0.2, -0.15) is 0 Å². The van der Waals surface area contributed by atoms with E-state index < -0.39 is 41.7 Å². The van der Waals surface area contributed by atoms with Gasteiger partial charge < -0.3 is 20.1 Å². The lowest BCUT2D eigenvalue weighted by molar-refractivity contribution is -0.150. The van der Waals surface area contributed by atoms with Crippen LogP contribution in [0.3, 0.4) is 0 Å². The Kier molecular flexibility index (Phi) is 6.74. The smallest absolute Gasteiger partial charge is 0.408 e. The lowest BCUT2D eigenvalue weighted by Gasteiger charge is -2.35. The molecule has 7 nitrogen and oxygen atoms in total. The second kappa shape index (κ2) is 8.64. The van der Waals surface area contributed by atoms with Gasteiger partial charge >= 0.3 is 12.1 Å². The molecule has 0 radical (unpaired) electrons. The highest BCUT2D eigenvalue weighted by Crippen LogP contribution is 2.31. The fourth-order valence-electron chi connectivity index (χ4n) is 3.97. The number of hydrogen-bond donors (Lipinski definition) is 2. The normalized spacial score (nSPS) is 24.7. The van der Waals surface area contributed by atoms with Crippen molar-refractivity contribution < 1.29 is 24.2 Å². The summed E-state index contributed by atoms with van der Waals surface area (Å²) < 4.78 is 5.32. The first-order chi connectivity index (χ1) is 12.6. The molecule has 27 heavy (non-hydrogen) atoms. The Hall–Kier alpha value is -2.23. The van der Waals surface area contributed by atoms with Crippen LogP contribution in [0.2, 0.25) is 0 Å². The number of nitrogens with zero attached hydrogens (tertiary/aromatic N) is 1. The van der Waals surface area contributed by atoms with Crippen LogP contribution >= 0.6 is 0 Å². The molecule has 1 saturated carbocycles. The van der Waals surface area contributed by atoms with Crippen LogP contribution in [0.5, 0.6) is 0 Å². The van der Waals surface area contributed by atoms with Gasteiger partial charge in [-0.05, 0) is 52.4 Å². The van der Waals surface area contributed by atoms with Gasteiger partial charge in [0.1, 0.15) is 17.7 Å². The number of carboxylic acid groups (broad SMARTS) is 1. The van der Waals surface area contributed by atoms with Gasteiger partial charge in [0, 0.05) is 0 Å². The summed E-state index contributed by atoms with van der Waals surface area (Å²) in [6, 6.07) is -2.34. The Bertz CT molecular complexity index is 613. The van der Waals surface area contributed by atoms with Crippen molar-refractivity contribution in [2.45, 2.75) is 89.4 Å². The maximum Gasteiger partial charge on any atom is 0.408 e. The molecule has 0 aromatic rings. The second-order valence-electron chi connectivity index (χ2n) is 8.38. The van der Waals surface area contributed by atoms with Crippen molar-refractivity contribution in [1.82, 2.24) is 10.2 Å². The van der Waals surface area contributed by atoms with Gasteiger partial charge in [0.2, 0.25) is 5.91 Å². The zero-order chi connectivity index (χ0) is 20.2. The Morgan fingerprint density at radius 3 is 2.30 bits per heavy atom. The molecule has 2 unspecified atom stereocenters. The maximum atomic E-state index is 13.3. The third-order valence-corrected chi connectivity index (χ3v) is 5.18. The van der Waals surface area contributed by atoms with E-state index in [-0.39, 0.29) is 5.92 Å². The standard InChI is InChI=1S/C20H30N2O5/c1-5-14-11-12-15(18(24)25)22(14)17(23)16(13-9-7-6-8-10-13)21-19(26)27-20(2,3)4/h1,13-16H,6-12H2,2-4H3,(H,21,26)(H,24,25)/t14?,15?,16-/m1/s1. The lowest BCUT2D eigenvalue weighted by Crippen LogP contribution is -2.57. The molecule has 2 N–H and O–H groups in total. The van der Waals surface area contributed by atoms with Crippen LogP contribution in [0.15, 0.2) is 0 Å². The molecule has 2 aliphatic rings. The summed E-state index contributed by atoms with van der Waals surface area (Å²) in [5.41, 5.74) is -0.692. The number of alkyl carbamates (subject to hydrolysis) is 1. The monoisotopic (exact) mass is 378 g/mol. The number of rotatable bonds is 4. The van der Waals surface area contributed by atoms with Gasteiger partial charge in [0.15, 0.2) is 0 Å². The molecule has 0 bridgehead atoms. The predicted octanol–water partition coefficient (Wildman–Crippen LogP) is 2.54. The fourth-order valence-corrected chi connectivity index (χ4v) is 3.97. The van der Waals surface area contributed by atoms with E-state index in [4.69, 9.17) is 11.2 Å². The van der Waals surface area contributed by atoms with Gasteiger partial charge in [-0.15, -0.1) is 6.42 Å². The van der Waals surface area contributed by atoms with Crippen LogP contribution < -0.4 is 5.32 Å². The molecule has 2 rings (SSSR count). The molecule has 0 aromatic carbocycles. The van der Waals surface area contributed by atoms with E-state index in [0.29, 0.717) is 12.8 Å². The summed E-state index contributed by atoms with van der Waals surface area (Å²) in [7, 11) is 0. The van der Waals surface area contributed by atoms with Crippen molar-refractivity contribution in [3.8, 4) is 12.3 Å². The van der Waals surface area contributed by atoms with E-state index in [1.165, 1.54) is 4.90 Å². The minimum atomic E-state index is -1.07. The number of aliphatic carboxylic acids is 1. The first-order valence-electron chi connectivity index (χ1n) is 9.64. The van der Waals surface area contributed by atoms with E-state index in [2.05, 4.69) is 11.2 Å². The number of carboxylic acids is 1. The van der Waals surface area contributed by atoms with Gasteiger partial charge in [0.05, 0.1) is 6.04 Å². The summed E-state index contributed by atoms with van der Waals surface area (Å²) in [6.45, 7) is 5.25. The van der Waals surface area contributed by atoms with Crippen molar-refractivity contribution in [2.75, 3.05) is 0 Å². The van der Waals surface area contributed by atoms with E-state index in [9.17, 15) is 19.5 Å². The highest BCUT2D eigenvalue weighted by atomic mass is 16.6. The number of hydrogen-bond acceptors (Lipinski definition) is 4. The Morgan fingerprint density at radius 2 is 1.78 bits per heavy atom. The highest BCUT2D eigenvalue weighted by molar-refractivity contribution is 5.90. The maximum absolute atomic E-state index is 13.3. The molecule has 1 aliphatic carbocycles.